The summed E-state index contributed by atoms with van der Waals surface area (Å²) in [5, 5.41) is 13.4. The fourth-order valence-corrected chi connectivity index (χ4v) is 3.81. The number of halogens is 2. The van der Waals surface area contributed by atoms with Gasteiger partial charge in [-0.3, -0.25) is 4.90 Å². The third-order valence-electron chi connectivity index (χ3n) is 3.68. The third kappa shape index (κ3) is 3.94. The van der Waals surface area contributed by atoms with Crippen molar-refractivity contribution in [2.45, 2.75) is 19.1 Å². The van der Waals surface area contributed by atoms with Crippen LogP contribution in [0.15, 0.2) is 29.6 Å². The van der Waals surface area contributed by atoms with Crippen LogP contribution in [0, 0.1) is 0 Å². The first kappa shape index (κ1) is 16.1. The normalized spacial score (nSPS) is 16.3. The molecule has 2 heterocycles. The van der Waals surface area contributed by atoms with Gasteiger partial charge in [0.05, 0.1) is 5.02 Å². The Labute approximate surface area is 144 Å². The first-order chi connectivity index (χ1) is 10.6. The zero-order chi connectivity index (χ0) is 15.5. The molecule has 3 nitrogen and oxygen atoms in total. The minimum atomic E-state index is -0.560. The van der Waals surface area contributed by atoms with Crippen molar-refractivity contribution in [3.63, 3.8) is 0 Å². The number of thiophene rings is 1. The molecule has 1 N–H and O–H groups in total. The lowest BCUT2D eigenvalue weighted by atomic mass is 10.1. The monoisotopic (exact) mass is 357 g/mol. The number of hydrogen-bond donors (Lipinski definition) is 1. The lowest BCUT2D eigenvalue weighted by Crippen LogP contribution is -2.38. The second-order valence-corrected chi connectivity index (χ2v) is 7.24. The van der Waals surface area contributed by atoms with Gasteiger partial charge in [0, 0.05) is 35.6 Å². The number of hydrogen-bond acceptors (Lipinski definition) is 4. The number of ether oxygens (including phenoxy) is 1. The fraction of sp³-hybridized carbons (Fsp3) is 0.375. The molecular formula is C16H17Cl2NO2S. The highest BCUT2D eigenvalue weighted by atomic mass is 35.5. The molecule has 0 fully saturated rings. The molecule has 1 aromatic carbocycles. The van der Waals surface area contributed by atoms with E-state index in [1.54, 1.807) is 18.2 Å². The molecule has 2 aromatic rings. The van der Waals surface area contributed by atoms with Crippen molar-refractivity contribution in [2.75, 3.05) is 19.7 Å². The highest BCUT2D eigenvalue weighted by molar-refractivity contribution is 7.10. The number of rotatable bonds is 5. The van der Waals surface area contributed by atoms with E-state index in [4.69, 9.17) is 27.9 Å². The van der Waals surface area contributed by atoms with E-state index in [-0.39, 0.29) is 6.61 Å². The van der Waals surface area contributed by atoms with Crippen LogP contribution in [-0.4, -0.2) is 35.8 Å². The van der Waals surface area contributed by atoms with E-state index < -0.39 is 6.10 Å². The average molecular weight is 358 g/mol. The molecule has 0 bridgehead atoms. The van der Waals surface area contributed by atoms with Crippen LogP contribution in [0.25, 0.3) is 0 Å². The van der Waals surface area contributed by atoms with Gasteiger partial charge in [-0.1, -0.05) is 23.2 Å². The van der Waals surface area contributed by atoms with E-state index in [9.17, 15) is 5.11 Å². The molecule has 1 aromatic heterocycles. The van der Waals surface area contributed by atoms with E-state index in [0.717, 1.165) is 19.5 Å². The quantitative estimate of drug-likeness (QED) is 0.881. The molecule has 0 saturated carbocycles. The van der Waals surface area contributed by atoms with Crippen molar-refractivity contribution in [1.29, 1.82) is 0 Å². The van der Waals surface area contributed by atoms with Crippen LogP contribution in [0.2, 0.25) is 10.0 Å². The number of β-amino-alcohol motifs (C(OH)–C–C–N with tert-alkyl or cyclic N) is 1. The van der Waals surface area contributed by atoms with Crippen LogP contribution in [0.5, 0.6) is 5.75 Å². The average Bonchev–Trinajstić information content (AvgIpc) is 2.96. The summed E-state index contributed by atoms with van der Waals surface area (Å²) in [7, 11) is 0. The third-order valence-corrected chi connectivity index (χ3v) is 5.25. The largest absolute Gasteiger partial charge is 0.489 e. The summed E-state index contributed by atoms with van der Waals surface area (Å²) in [6.45, 7) is 2.66. The van der Waals surface area contributed by atoms with Crippen molar-refractivity contribution in [2.24, 2.45) is 0 Å². The molecule has 1 atom stereocenters. The Morgan fingerprint density at radius 2 is 2.18 bits per heavy atom. The van der Waals surface area contributed by atoms with E-state index in [1.165, 1.54) is 10.4 Å². The number of benzene rings is 1. The van der Waals surface area contributed by atoms with Crippen molar-refractivity contribution >= 4 is 34.5 Å². The lowest BCUT2D eigenvalue weighted by Gasteiger charge is -2.28. The van der Waals surface area contributed by atoms with Crippen molar-refractivity contribution < 1.29 is 9.84 Å². The Balaban J connectivity index is 1.51. The molecule has 0 radical (unpaired) electrons. The minimum Gasteiger partial charge on any atom is -0.489 e. The minimum absolute atomic E-state index is 0.201. The van der Waals surface area contributed by atoms with E-state index in [1.807, 2.05) is 11.3 Å². The highest BCUT2D eigenvalue weighted by Gasteiger charge is 2.20. The van der Waals surface area contributed by atoms with Crippen molar-refractivity contribution in [1.82, 2.24) is 4.90 Å². The summed E-state index contributed by atoms with van der Waals surface area (Å²) < 4.78 is 5.58. The summed E-state index contributed by atoms with van der Waals surface area (Å²) in [5.41, 5.74) is 1.38. The van der Waals surface area contributed by atoms with Crippen LogP contribution >= 0.6 is 34.5 Å². The fourth-order valence-electron chi connectivity index (χ4n) is 2.59. The van der Waals surface area contributed by atoms with Crippen molar-refractivity contribution in [3.05, 3.63) is 50.1 Å². The topological polar surface area (TPSA) is 32.7 Å². The van der Waals surface area contributed by atoms with Crippen LogP contribution in [0.4, 0.5) is 0 Å². The van der Waals surface area contributed by atoms with E-state index in [0.29, 0.717) is 22.3 Å². The molecule has 0 amide bonds. The first-order valence-electron chi connectivity index (χ1n) is 7.15. The van der Waals surface area contributed by atoms with Crippen LogP contribution < -0.4 is 4.74 Å². The second-order valence-electron chi connectivity index (χ2n) is 5.39. The molecule has 0 spiro atoms. The van der Waals surface area contributed by atoms with Gasteiger partial charge in [0.2, 0.25) is 0 Å². The van der Waals surface area contributed by atoms with Gasteiger partial charge >= 0.3 is 0 Å². The van der Waals surface area contributed by atoms with Gasteiger partial charge in [-0.25, -0.2) is 0 Å². The number of aliphatic hydroxyl groups excluding tert-OH is 1. The van der Waals surface area contributed by atoms with Gasteiger partial charge < -0.3 is 9.84 Å². The zero-order valence-electron chi connectivity index (χ0n) is 12.0. The van der Waals surface area contributed by atoms with E-state index in [2.05, 4.69) is 16.3 Å². The van der Waals surface area contributed by atoms with Gasteiger partial charge in [-0.15, -0.1) is 11.3 Å². The van der Waals surface area contributed by atoms with Crippen molar-refractivity contribution in [3.8, 4) is 5.75 Å². The highest BCUT2D eigenvalue weighted by Crippen LogP contribution is 2.28. The summed E-state index contributed by atoms with van der Waals surface area (Å²) >= 11 is 13.8. The van der Waals surface area contributed by atoms with Crippen LogP contribution in [0.1, 0.15) is 10.4 Å². The van der Waals surface area contributed by atoms with Gasteiger partial charge in [0.25, 0.3) is 0 Å². The summed E-state index contributed by atoms with van der Waals surface area (Å²) in [5.74, 6) is 0.506. The summed E-state index contributed by atoms with van der Waals surface area (Å²) in [4.78, 5) is 3.72. The Morgan fingerprint density at radius 1 is 1.32 bits per heavy atom. The second kappa shape index (κ2) is 7.20. The number of nitrogens with zero attached hydrogens (tertiary/aromatic N) is 1. The zero-order valence-corrected chi connectivity index (χ0v) is 14.3. The SMILES string of the molecule is OC(COc1cc(Cl)ccc1Cl)CN1CCc2sccc2C1. The molecule has 118 valence electrons. The molecule has 1 unspecified atom stereocenters. The predicted molar refractivity (Wildman–Crippen MR) is 91.3 cm³/mol. The molecule has 1 aliphatic heterocycles. The predicted octanol–water partition coefficient (Wildman–Crippen LogP) is 3.85. The summed E-state index contributed by atoms with van der Waals surface area (Å²) in [6.07, 6.45) is 0.496. The Hall–Kier alpha value is -0.780. The molecule has 22 heavy (non-hydrogen) atoms. The molecule has 0 saturated heterocycles. The Kier molecular flexibility index (Phi) is 5.26. The van der Waals surface area contributed by atoms with Gasteiger partial charge in [0.1, 0.15) is 18.5 Å². The first-order valence-corrected chi connectivity index (χ1v) is 8.79. The lowest BCUT2D eigenvalue weighted by molar-refractivity contribution is 0.0640. The molecule has 0 aliphatic carbocycles. The molecule has 3 rings (SSSR count). The maximum absolute atomic E-state index is 10.2. The smallest absolute Gasteiger partial charge is 0.139 e. The van der Waals surface area contributed by atoms with Gasteiger partial charge in [0.15, 0.2) is 0 Å². The van der Waals surface area contributed by atoms with Crippen LogP contribution in [-0.2, 0) is 13.0 Å². The molecular weight excluding hydrogens is 341 g/mol. The Bertz CT molecular complexity index is 647. The summed E-state index contributed by atoms with van der Waals surface area (Å²) in [6, 6.07) is 7.23. The number of aliphatic hydroxyl groups is 1. The maximum Gasteiger partial charge on any atom is 0.139 e. The Morgan fingerprint density at radius 3 is 3.05 bits per heavy atom. The van der Waals surface area contributed by atoms with Gasteiger partial charge in [-0.2, -0.15) is 0 Å². The molecule has 6 heteroatoms. The maximum atomic E-state index is 10.2. The van der Waals surface area contributed by atoms with Gasteiger partial charge in [-0.05, 0) is 35.6 Å². The van der Waals surface area contributed by atoms with E-state index >= 15 is 0 Å². The van der Waals surface area contributed by atoms with Crippen LogP contribution in [0.3, 0.4) is 0 Å². The standard InChI is InChI=1S/C16H17Cl2NO2S/c17-12-1-2-14(18)15(7-12)21-10-13(20)9-19-5-3-16-11(8-19)4-6-22-16/h1-2,4,6-7,13,20H,3,5,8-10H2. The molecule has 1 aliphatic rings. The number of fused-ring (bicyclic) bond motifs is 1.